The van der Waals surface area contributed by atoms with Crippen molar-refractivity contribution in [1.82, 2.24) is 9.88 Å². The van der Waals surface area contributed by atoms with Crippen molar-refractivity contribution < 1.29 is 9.53 Å². The van der Waals surface area contributed by atoms with Gasteiger partial charge in [0, 0.05) is 18.9 Å². The summed E-state index contributed by atoms with van der Waals surface area (Å²) in [5.41, 5.74) is 2.11. The van der Waals surface area contributed by atoms with Crippen molar-refractivity contribution in [3.8, 4) is 5.75 Å². The largest absolute Gasteiger partial charge is 0.426 e. The highest BCUT2D eigenvalue weighted by Gasteiger charge is 2.15. The zero-order chi connectivity index (χ0) is 14.0. The normalized spacial score (nSPS) is 11.2. The molecule has 0 spiro atoms. The van der Waals surface area contributed by atoms with Crippen LogP contribution in [-0.4, -0.2) is 36.5 Å². The summed E-state index contributed by atoms with van der Waals surface area (Å²) in [6.07, 6.45) is 0.881. The molecule has 102 valence electrons. The van der Waals surface area contributed by atoms with Crippen molar-refractivity contribution in [2.45, 2.75) is 13.3 Å². The van der Waals surface area contributed by atoms with E-state index in [-0.39, 0.29) is 5.97 Å². The van der Waals surface area contributed by atoms with Gasteiger partial charge in [-0.05, 0) is 54.1 Å². The van der Waals surface area contributed by atoms with Gasteiger partial charge in [0.1, 0.15) is 5.75 Å². The fourth-order valence-corrected chi connectivity index (χ4v) is 2.67. The number of aromatic amines is 1. The minimum absolute atomic E-state index is 0.302. The van der Waals surface area contributed by atoms with Crippen molar-refractivity contribution in [1.29, 1.82) is 0 Å². The van der Waals surface area contributed by atoms with E-state index in [1.807, 2.05) is 32.3 Å². The summed E-state index contributed by atoms with van der Waals surface area (Å²) in [4.78, 5) is 16.6. The average molecular weight is 325 g/mol. The first-order valence-electron chi connectivity index (χ1n) is 6.11. The van der Waals surface area contributed by atoms with Crippen molar-refractivity contribution in [2.24, 2.45) is 0 Å². The minimum atomic E-state index is -0.302. The Labute approximate surface area is 120 Å². The number of benzene rings is 1. The van der Waals surface area contributed by atoms with E-state index in [9.17, 15) is 4.79 Å². The van der Waals surface area contributed by atoms with Crippen LogP contribution in [-0.2, 0) is 11.2 Å². The van der Waals surface area contributed by atoms with E-state index in [0.29, 0.717) is 5.75 Å². The first-order chi connectivity index (χ1) is 8.99. The van der Waals surface area contributed by atoms with Gasteiger partial charge in [0.15, 0.2) is 0 Å². The molecule has 1 aromatic heterocycles. The van der Waals surface area contributed by atoms with E-state index >= 15 is 0 Å². The van der Waals surface area contributed by atoms with Crippen LogP contribution in [0.4, 0.5) is 0 Å². The van der Waals surface area contributed by atoms with Crippen molar-refractivity contribution >= 4 is 32.8 Å². The number of nitrogens with one attached hydrogen (secondary N) is 1. The zero-order valence-electron chi connectivity index (χ0n) is 11.3. The summed E-state index contributed by atoms with van der Waals surface area (Å²) in [5.74, 6) is 0.309. The molecule has 0 aliphatic heterocycles. The van der Waals surface area contributed by atoms with Crippen LogP contribution in [0.2, 0.25) is 0 Å². The maximum atomic E-state index is 11.2. The number of esters is 1. The highest BCUT2D eigenvalue weighted by atomic mass is 79.9. The molecule has 2 rings (SSSR count). The number of aromatic nitrogens is 1. The molecule has 0 bridgehead atoms. The van der Waals surface area contributed by atoms with Crippen LogP contribution in [0, 0.1) is 0 Å². The number of fused-ring (bicyclic) bond motifs is 1. The Bertz CT molecular complexity index is 605. The Morgan fingerprint density at radius 3 is 2.79 bits per heavy atom. The quantitative estimate of drug-likeness (QED) is 0.694. The van der Waals surface area contributed by atoms with Gasteiger partial charge < -0.3 is 14.6 Å². The lowest BCUT2D eigenvalue weighted by molar-refractivity contribution is -0.131. The van der Waals surface area contributed by atoms with Gasteiger partial charge in [0.25, 0.3) is 0 Å². The molecule has 1 aromatic carbocycles. The number of likely N-dealkylation sites (N-methyl/N-ethyl adjacent to an activating group) is 1. The Morgan fingerprint density at radius 2 is 2.16 bits per heavy atom. The molecule has 5 heteroatoms. The fourth-order valence-electron chi connectivity index (χ4n) is 2.06. The molecule has 0 aliphatic carbocycles. The molecule has 0 unspecified atom stereocenters. The third-order valence-corrected chi connectivity index (χ3v) is 3.58. The van der Waals surface area contributed by atoms with Crippen LogP contribution >= 0.6 is 15.9 Å². The van der Waals surface area contributed by atoms with Gasteiger partial charge in [-0.25, -0.2) is 0 Å². The number of hydrogen-bond donors (Lipinski definition) is 1. The number of ether oxygens (including phenoxy) is 1. The van der Waals surface area contributed by atoms with Crippen molar-refractivity contribution in [3.05, 3.63) is 28.4 Å². The molecule has 0 fully saturated rings. The molecule has 19 heavy (non-hydrogen) atoms. The van der Waals surface area contributed by atoms with Crippen LogP contribution in [0.5, 0.6) is 5.75 Å². The second-order valence-electron chi connectivity index (χ2n) is 4.74. The summed E-state index contributed by atoms with van der Waals surface area (Å²) in [6.45, 7) is 2.35. The van der Waals surface area contributed by atoms with Gasteiger partial charge in [-0.15, -0.1) is 0 Å². The molecular weight excluding hydrogens is 308 g/mol. The Hall–Kier alpha value is -1.33. The maximum absolute atomic E-state index is 11.2. The highest BCUT2D eigenvalue weighted by Crippen LogP contribution is 2.34. The van der Waals surface area contributed by atoms with E-state index in [0.717, 1.165) is 34.0 Å². The number of H-pyrrole nitrogens is 1. The second-order valence-corrected chi connectivity index (χ2v) is 5.54. The summed E-state index contributed by atoms with van der Waals surface area (Å²) in [7, 11) is 4.07. The lowest BCUT2D eigenvalue weighted by Crippen LogP contribution is -2.15. The maximum Gasteiger partial charge on any atom is 0.308 e. The molecule has 0 saturated heterocycles. The molecule has 0 amide bonds. The summed E-state index contributed by atoms with van der Waals surface area (Å²) in [6, 6.07) is 5.68. The second kappa shape index (κ2) is 5.75. The third kappa shape index (κ3) is 3.16. The third-order valence-electron chi connectivity index (χ3n) is 2.90. The minimum Gasteiger partial charge on any atom is -0.426 e. The number of hydrogen-bond acceptors (Lipinski definition) is 3. The lowest BCUT2D eigenvalue weighted by Gasteiger charge is -2.10. The summed E-state index contributed by atoms with van der Waals surface area (Å²) >= 11 is 3.55. The number of carbonyl (C=O) groups is 1. The molecule has 4 nitrogen and oxygen atoms in total. The molecule has 0 radical (unpaired) electrons. The Morgan fingerprint density at radius 1 is 1.42 bits per heavy atom. The molecule has 2 aromatic rings. The molecule has 0 aliphatic rings. The van der Waals surface area contributed by atoms with Crippen LogP contribution in [0.3, 0.4) is 0 Å². The Balaban J connectivity index is 2.48. The van der Waals surface area contributed by atoms with Crippen LogP contribution in [0.25, 0.3) is 10.9 Å². The van der Waals surface area contributed by atoms with Gasteiger partial charge in [-0.2, -0.15) is 0 Å². The van der Waals surface area contributed by atoms with Crippen LogP contribution in [0.1, 0.15) is 12.5 Å². The van der Waals surface area contributed by atoms with Crippen molar-refractivity contribution in [2.75, 3.05) is 20.6 Å². The zero-order valence-corrected chi connectivity index (χ0v) is 12.9. The predicted molar refractivity (Wildman–Crippen MR) is 79.6 cm³/mol. The van der Waals surface area contributed by atoms with Gasteiger partial charge in [0.05, 0.1) is 10.1 Å². The first kappa shape index (κ1) is 14.1. The number of halogens is 1. The molecular formula is C14H17BrN2O2. The van der Waals surface area contributed by atoms with E-state index in [2.05, 4.69) is 25.8 Å². The van der Waals surface area contributed by atoms with Gasteiger partial charge in [-0.1, -0.05) is 6.07 Å². The number of rotatable bonds is 4. The summed E-state index contributed by atoms with van der Waals surface area (Å²) < 4.78 is 6.24. The first-order valence-corrected chi connectivity index (χ1v) is 6.90. The van der Waals surface area contributed by atoms with E-state index < -0.39 is 0 Å². The lowest BCUT2D eigenvalue weighted by atomic mass is 10.1. The predicted octanol–water partition coefficient (Wildman–Crippen LogP) is 2.96. The molecule has 0 atom stereocenters. The Kier molecular flexibility index (Phi) is 4.27. The van der Waals surface area contributed by atoms with Crippen LogP contribution < -0.4 is 4.74 Å². The average Bonchev–Trinajstić information content (AvgIpc) is 2.62. The molecule has 1 N–H and O–H groups in total. The van der Waals surface area contributed by atoms with E-state index in [1.165, 1.54) is 6.92 Å². The van der Waals surface area contributed by atoms with E-state index in [4.69, 9.17) is 4.74 Å². The fraction of sp³-hybridized carbons (Fsp3) is 0.357. The summed E-state index contributed by atoms with van der Waals surface area (Å²) in [5, 5.41) is 0.978. The van der Waals surface area contributed by atoms with Gasteiger partial charge in [-0.3, -0.25) is 4.79 Å². The number of nitrogens with zero attached hydrogens (tertiary/aromatic N) is 1. The van der Waals surface area contributed by atoms with E-state index in [1.54, 1.807) is 0 Å². The topological polar surface area (TPSA) is 45.3 Å². The van der Waals surface area contributed by atoms with Crippen LogP contribution in [0.15, 0.2) is 22.8 Å². The van der Waals surface area contributed by atoms with Crippen molar-refractivity contribution in [3.63, 3.8) is 0 Å². The van der Waals surface area contributed by atoms with Gasteiger partial charge >= 0.3 is 5.97 Å². The number of carbonyl (C=O) groups excluding carboxylic acids is 1. The smallest absolute Gasteiger partial charge is 0.308 e. The molecule has 1 heterocycles. The molecule has 0 saturated carbocycles. The standard InChI is InChI=1S/C14H17BrN2O2/c1-9(18)19-12-6-4-5-11-13(12)10(14(15)16-11)7-8-17(2)3/h4-6,16H,7-8H2,1-3H3. The highest BCUT2D eigenvalue weighted by molar-refractivity contribution is 9.10. The van der Waals surface area contributed by atoms with Gasteiger partial charge in [0.2, 0.25) is 0 Å². The SMILES string of the molecule is CC(=O)Oc1cccc2[nH]c(Br)c(CCN(C)C)c12. The monoisotopic (exact) mass is 324 g/mol.